The maximum Gasteiger partial charge on any atom is 0.321 e. The largest absolute Gasteiger partial charge is 0.322 e. The second-order valence-electron chi connectivity index (χ2n) is 6.29. The molecule has 126 valence electrons. The Bertz CT molecular complexity index is 680. The van der Waals surface area contributed by atoms with Gasteiger partial charge in [0.1, 0.15) is 5.25 Å². The van der Waals surface area contributed by atoms with Crippen molar-refractivity contribution in [2.45, 2.75) is 43.9 Å². The van der Waals surface area contributed by atoms with Crippen LogP contribution in [0.5, 0.6) is 0 Å². The van der Waals surface area contributed by atoms with Gasteiger partial charge < -0.3 is 10.2 Å². The van der Waals surface area contributed by atoms with E-state index in [9.17, 15) is 13.2 Å². The molecule has 1 aromatic heterocycles. The van der Waals surface area contributed by atoms with Gasteiger partial charge in [0.2, 0.25) is 10.0 Å². The Labute approximate surface area is 136 Å². The van der Waals surface area contributed by atoms with Crippen molar-refractivity contribution in [2.75, 3.05) is 18.4 Å². The summed E-state index contributed by atoms with van der Waals surface area (Å²) in [6.45, 7) is 2.34. The first-order chi connectivity index (χ1) is 11.0. The lowest BCUT2D eigenvalue weighted by Crippen LogP contribution is -2.61. The van der Waals surface area contributed by atoms with Crippen LogP contribution in [0.1, 0.15) is 31.2 Å². The van der Waals surface area contributed by atoms with Gasteiger partial charge in [0.25, 0.3) is 0 Å². The summed E-state index contributed by atoms with van der Waals surface area (Å²) < 4.78 is 27.3. The summed E-state index contributed by atoms with van der Waals surface area (Å²) >= 11 is 0. The highest BCUT2D eigenvalue weighted by molar-refractivity contribution is 7.90. The van der Waals surface area contributed by atoms with E-state index in [0.29, 0.717) is 5.69 Å². The molecule has 1 aliphatic carbocycles. The predicted octanol–water partition coefficient (Wildman–Crippen LogP) is 1.47. The van der Waals surface area contributed by atoms with Crippen LogP contribution in [-0.2, 0) is 10.0 Å². The van der Waals surface area contributed by atoms with Crippen LogP contribution in [-0.4, -0.2) is 48.7 Å². The number of amides is 2. The van der Waals surface area contributed by atoms with Crippen molar-refractivity contribution < 1.29 is 13.2 Å². The third kappa shape index (κ3) is 3.64. The summed E-state index contributed by atoms with van der Waals surface area (Å²) in [7, 11) is -3.34. The van der Waals surface area contributed by atoms with Gasteiger partial charge >= 0.3 is 6.03 Å². The zero-order valence-corrected chi connectivity index (χ0v) is 14.0. The number of aromatic nitrogens is 1. The minimum absolute atomic E-state index is 0.0703. The maximum absolute atomic E-state index is 12.3. The summed E-state index contributed by atoms with van der Waals surface area (Å²) in [5.41, 5.74) is 1.56. The first kappa shape index (κ1) is 16.2. The predicted molar refractivity (Wildman–Crippen MR) is 87.7 cm³/mol. The van der Waals surface area contributed by atoms with Crippen LogP contribution in [0.15, 0.2) is 18.5 Å². The average Bonchev–Trinajstić information content (AvgIpc) is 2.91. The molecule has 0 aromatic carbocycles. The molecule has 2 aliphatic rings. The summed E-state index contributed by atoms with van der Waals surface area (Å²) in [5.74, 6) is 0. The number of nitrogens with one attached hydrogen (secondary N) is 2. The zero-order chi connectivity index (χ0) is 16.4. The highest BCUT2D eigenvalue weighted by Gasteiger charge is 2.40. The normalized spacial score (nSPS) is 19.6. The number of aryl methyl sites for hydroxylation is 1. The lowest BCUT2D eigenvalue weighted by Gasteiger charge is -2.38. The number of pyridine rings is 1. The van der Waals surface area contributed by atoms with Gasteiger partial charge in [-0.25, -0.2) is 17.9 Å². The number of sulfonamides is 1. The van der Waals surface area contributed by atoms with Gasteiger partial charge in [-0.2, -0.15) is 0 Å². The number of urea groups is 1. The van der Waals surface area contributed by atoms with Gasteiger partial charge in [0.05, 0.1) is 11.9 Å². The lowest BCUT2D eigenvalue weighted by atomic mass is 10.2. The summed E-state index contributed by atoms with van der Waals surface area (Å²) in [6.07, 6.45) is 7.23. The Hall–Kier alpha value is -1.67. The van der Waals surface area contributed by atoms with E-state index in [1.165, 1.54) is 4.90 Å². The van der Waals surface area contributed by atoms with Gasteiger partial charge in [0.15, 0.2) is 0 Å². The van der Waals surface area contributed by atoms with Gasteiger partial charge in [0, 0.05) is 25.3 Å². The SMILES string of the molecule is Cc1ccncc1NC(=O)N1CC(S(=O)(=O)NC2CCCC2)C1. The van der Waals surface area contributed by atoms with E-state index < -0.39 is 15.3 Å². The van der Waals surface area contributed by atoms with Crippen LogP contribution >= 0.6 is 0 Å². The molecule has 1 aromatic rings. The minimum Gasteiger partial charge on any atom is -0.322 e. The fourth-order valence-electron chi connectivity index (χ4n) is 2.96. The molecule has 0 spiro atoms. The van der Waals surface area contributed by atoms with Crippen molar-refractivity contribution in [1.82, 2.24) is 14.6 Å². The molecular weight excluding hydrogens is 316 g/mol. The van der Waals surface area contributed by atoms with E-state index in [4.69, 9.17) is 0 Å². The highest BCUT2D eigenvalue weighted by atomic mass is 32.2. The average molecular weight is 338 g/mol. The molecule has 23 heavy (non-hydrogen) atoms. The van der Waals surface area contributed by atoms with Gasteiger partial charge in [-0.05, 0) is 31.4 Å². The number of anilines is 1. The molecule has 1 aliphatic heterocycles. The molecule has 2 heterocycles. The number of likely N-dealkylation sites (tertiary alicyclic amines) is 1. The molecule has 1 saturated carbocycles. The van der Waals surface area contributed by atoms with Crippen molar-refractivity contribution in [3.63, 3.8) is 0 Å². The van der Waals surface area contributed by atoms with Gasteiger partial charge in [-0.3, -0.25) is 4.98 Å². The Morgan fingerprint density at radius 1 is 1.30 bits per heavy atom. The summed E-state index contributed by atoms with van der Waals surface area (Å²) in [4.78, 5) is 17.6. The van der Waals surface area contributed by atoms with Crippen LogP contribution in [0.25, 0.3) is 0 Å². The number of rotatable bonds is 4. The number of hydrogen-bond donors (Lipinski definition) is 2. The minimum atomic E-state index is -3.34. The van der Waals surface area contributed by atoms with Crippen LogP contribution in [0, 0.1) is 6.92 Å². The van der Waals surface area contributed by atoms with E-state index in [1.54, 1.807) is 12.4 Å². The molecule has 3 rings (SSSR count). The molecule has 7 nitrogen and oxygen atoms in total. The summed E-state index contributed by atoms with van der Waals surface area (Å²) in [5, 5.41) is 2.26. The fraction of sp³-hybridized carbons (Fsp3) is 0.600. The molecule has 1 saturated heterocycles. The van der Waals surface area contributed by atoms with Crippen LogP contribution in [0.3, 0.4) is 0 Å². The number of carbonyl (C=O) groups is 1. The first-order valence-corrected chi connectivity index (χ1v) is 9.48. The van der Waals surface area contributed by atoms with E-state index in [2.05, 4.69) is 15.0 Å². The van der Waals surface area contributed by atoms with Crippen LogP contribution < -0.4 is 10.0 Å². The second kappa shape index (κ2) is 6.45. The number of nitrogens with zero attached hydrogens (tertiary/aromatic N) is 2. The van der Waals surface area contributed by atoms with Crippen molar-refractivity contribution >= 4 is 21.7 Å². The van der Waals surface area contributed by atoms with Crippen LogP contribution in [0.2, 0.25) is 0 Å². The van der Waals surface area contributed by atoms with Crippen molar-refractivity contribution in [3.05, 3.63) is 24.0 Å². The Balaban J connectivity index is 1.52. The molecule has 2 fully saturated rings. The molecule has 2 amide bonds. The lowest BCUT2D eigenvalue weighted by molar-refractivity contribution is 0.182. The summed E-state index contributed by atoms with van der Waals surface area (Å²) in [6, 6.07) is 1.60. The number of carbonyl (C=O) groups excluding carboxylic acids is 1. The number of hydrogen-bond acceptors (Lipinski definition) is 4. The van der Waals surface area contributed by atoms with E-state index in [-0.39, 0.29) is 25.2 Å². The maximum atomic E-state index is 12.3. The van der Waals surface area contributed by atoms with Crippen molar-refractivity contribution in [2.24, 2.45) is 0 Å². The third-order valence-electron chi connectivity index (χ3n) is 4.54. The molecule has 0 atom stereocenters. The van der Waals surface area contributed by atoms with Crippen LogP contribution in [0.4, 0.5) is 10.5 Å². The molecule has 0 unspecified atom stereocenters. The molecule has 0 radical (unpaired) electrons. The first-order valence-electron chi connectivity index (χ1n) is 7.93. The quantitative estimate of drug-likeness (QED) is 0.869. The monoisotopic (exact) mass is 338 g/mol. The standard InChI is InChI=1S/C15H22N4O3S/c1-11-6-7-16-8-14(11)17-15(20)19-9-13(10-19)23(21,22)18-12-4-2-3-5-12/h6-8,12-13,18H,2-5,9-10H2,1H3,(H,17,20). The fourth-order valence-corrected chi connectivity index (χ4v) is 4.61. The topological polar surface area (TPSA) is 91.4 Å². The Morgan fingerprint density at radius 2 is 2.00 bits per heavy atom. The second-order valence-corrected chi connectivity index (χ2v) is 8.28. The van der Waals surface area contributed by atoms with E-state index >= 15 is 0 Å². The van der Waals surface area contributed by atoms with Crippen molar-refractivity contribution in [3.8, 4) is 0 Å². The van der Waals surface area contributed by atoms with Gasteiger partial charge in [-0.1, -0.05) is 12.8 Å². The zero-order valence-electron chi connectivity index (χ0n) is 13.2. The highest BCUT2D eigenvalue weighted by Crippen LogP contribution is 2.22. The third-order valence-corrected chi connectivity index (χ3v) is 6.38. The molecule has 2 N–H and O–H groups in total. The molecule has 8 heteroatoms. The molecular formula is C15H22N4O3S. The Kier molecular flexibility index (Phi) is 4.54. The molecule has 0 bridgehead atoms. The van der Waals surface area contributed by atoms with Gasteiger partial charge in [-0.15, -0.1) is 0 Å². The Morgan fingerprint density at radius 3 is 2.65 bits per heavy atom. The van der Waals surface area contributed by atoms with E-state index in [1.807, 2.05) is 13.0 Å². The smallest absolute Gasteiger partial charge is 0.321 e. The van der Waals surface area contributed by atoms with E-state index in [0.717, 1.165) is 31.2 Å². The van der Waals surface area contributed by atoms with Crippen molar-refractivity contribution in [1.29, 1.82) is 0 Å².